The lowest BCUT2D eigenvalue weighted by molar-refractivity contribution is -0.128. The molecule has 0 bridgehead atoms. The molecule has 0 aromatic heterocycles. The lowest BCUT2D eigenvalue weighted by Crippen LogP contribution is -2.57. The van der Waals surface area contributed by atoms with Gasteiger partial charge in [-0.3, -0.25) is 14.5 Å². The zero-order chi connectivity index (χ0) is 19.0. The number of hydrogen-bond acceptors (Lipinski definition) is 4. The molecule has 27 heavy (non-hydrogen) atoms. The summed E-state index contributed by atoms with van der Waals surface area (Å²) in [5.41, 5.74) is -0.139. The SMILES string of the molecule is COc1cccc(C(=O)N2C(C(=O)NC3CC3)COC23CCC(C)CC3)c1. The zero-order valence-corrected chi connectivity index (χ0v) is 16.1. The first-order chi connectivity index (χ1) is 13.0. The molecule has 1 spiro atoms. The molecule has 6 heteroatoms. The molecule has 1 aromatic rings. The summed E-state index contributed by atoms with van der Waals surface area (Å²) in [5, 5.41) is 3.05. The van der Waals surface area contributed by atoms with E-state index < -0.39 is 11.8 Å². The van der Waals surface area contributed by atoms with E-state index in [0.29, 0.717) is 17.2 Å². The van der Waals surface area contributed by atoms with Crippen molar-refractivity contribution in [2.75, 3.05) is 13.7 Å². The number of carbonyl (C=O) groups is 2. The lowest BCUT2D eigenvalue weighted by atomic mass is 9.83. The summed E-state index contributed by atoms with van der Waals surface area (Å²) in [5.74, 6) is 1.000. The van der Waals surface area contributed by atoms with Gasteiger partial charge in [0.1, 0.15) is 17.5 Å². The Kier molecular flexibility index (Phi) is 4.84. The predicted octanol–water partition coefficient (Wildman–Crippen LogP) is 2.72. The molecule has 146 valence electrons. The van der Waals surface area contributed by atoms with Crippen LogP contribution in [0.4, 0.5) is 0 Å². The van der Waals surface area contributed by atoms with Gasteiger partial charge in [0.25, 0.3) is 5.91 Å². The van der Waals surface area contributed by atoms with Gasteiger partial charge in [-0.15, -0.1) is 0 Å². The highest BCUT2D eigenvalue weighted by Crippen LogP contribution is 2.43. The van der Waals surface area contributed by atoms with Crippen molar-refractivity contribution in [3.8, 4) is 5.75 Å². The van der Waals surface area contributed by atoms with Crippen molar-refractivity contribution in [2.45, 2.75) is 63.3 Å². The Hall–Kier alpha value is -2.08. The molecule has 3 fully saturated rings. The monoisotopic (exact) mass is 372 g/mol. The number of carbonyl (C=O) groups excluding carboxylic acids is 2. The minimum atomic E-state index is -0.668. The number of hydrogen-bond donors (Lipinski definition) is 1. The molecule has 0 radical (unpaired) electrons. The van der Waals surface area contributed by atoms with E-state index in [4.69, 9.17) is 9.47 Å². The van der Waals surface area contributed by atoms with Crippen LogP contribution in [0.15, 0.2) is 24.3 Å². The van der Waals surface area contributed by atoms with Gasteiger partial charge in [0, 0.05) is 11.6 Å². The van der Waals surface area contributed by atoms with Gasteiger partial charge in [-0.05, 0) is 62.6 Å². The fraction of sp³-hybridized carbons (Fsp3) is 0.619. The molecule has 1 saturated heterocycles. The minimum absolute atomic E-state index is 0.0933. The van der Waals surface area contributed by atoms with Crippen LogP contribution in [-0.2, 0) is 9.53 Å². The van der Waals surface area contributed by atoms with Gasteiger partial charge in [0.2, 0.25) is 5.91 Å². The second kappa shape index (κ2) is 7.15. The Bertz CT molecular complexity index is 723. The second-order valence-electron chi connectivity index (χ2n) is 8.15. The molecule has 1 unspecified atom stereocenters. The van der Waals surface area contributed by atoms with Gasteiger partial charge < -0.3 is 14.8 Å². The average Bonchev–Trinajstić information content (AvgIpc) is 3.43. The van der Waals surface area contributed by atoms with Gasteiger partial charge in [-0.2, -0.15) is 0 Å². The summed E-state index contributed by atoms with van der Waals surface area (Å²) >= 11 is 0. The lowest BCUT2D eigenvalue weighted by Gasteiger charge is -2.43. The number of nitrogens with one attached hydrogen (secondary N) is 1. The molecule has 2 saturated carbocycles. The molecular formula is C21H28N2O4. The highest BCUT2D eigenvalue weighted by molar-refractivity contribution is 5.98. The van der Waals surface area contributed by atoms with E-state index in [9.17, 15) is 9.59 Å². The number of benzene rings is 1. The van der Waals surface area contributed by atoms with Crippen LogP contribution in [0, 0.1) is 5.92 Å². The summed E-state index contributed by atoms with van der Waals surface area (Å²) in [6, 6.07) is 6.81. The average molecular weight is 372 g/mol. The smallest absolute Gasteiger partial charge is 0.257 e. The first-order valence-corrected chi connectivity index (χ1v) is 9.94. The van der Waals surface area contributed by atoms with Crippen LogP contribution in [0.1, 0.15) is 55.8 Å². The van der Waals surface area contributed by atoms with Gasteiger partial charge in [-0.25, -0.2) is 0 Å². The Balaban J connectivity index is 1.64. The molecule has 1 heterocycles. The van der Waals surface area contributed by atoms with Crippen molar-refractivity contribution in [1.29, 1.82) is 0 Å². The van der Waals surface area contributed by atoms with Crippen LogP contribution in [0.2, 0.25) is 0 Å². The van der Waals surface area contributed by atoms with E-state index in [1.807, 2.05) is 6.07 Å². The van der Waals surface area contributed by atoms with Crippen LogP contribution in [-0.4, -0.2) is 48.2 Å². The third kappa shape index (κ3) is 3.55. The quantitative estimate of drug-likeness (QED) is 0.882. The van der Waals surface area contributed by atoms with Gasteiger partial charge in [-0.1, -0.05) is 13.0 Å². The van der Waals surface area contributed by atoms with Gasteiger partial charge in [0.05, 0.1) is 13.7 Å². The standard InChI is InChI=1S/C21H28N2O4/c1-14-8-10-21(11-9-14)23(18(13-27-21)19(24)22-16-6-7-16)20(25)15-4-3-5-17(12-15)26-2/h3-5,12,14,16,18H,6-11,13H2,1-2H3,(H,22,24). The summed E-state index contributed by atoms with van der Waals surface area (Å²) in [7, 11) is 1.58. The molecule has 2 amide bonds. The number of ether oxygens (including phenoxy) is 2. The van der Waals surface area contributed by atoms with Crippen LogP contribution >= 0.6 is 0 Å². The van der Waals surface area contributed by atoms with Gasteiger partial charge >= 0.3 is 0 Å². The third-order valence-electron chi connectivity index (χ3n) is 6.08. The maximum Gasteiger partial charge on any atom is 0.257 e. The summed E-state index contributed by atoms with van der Waals surface area (Å²) in [6.07, 6.45) is 5.59. The van der Waals surface area contributed by atoms with E-state index in [1.54, 1.807) is 30.2 Å². The first kappa shape index (κ1) is 18.3. The topological polar surface area (TPSA) is 67.9 Å². The molecule has 2 aliphatic carbocycles. The highest BCUT2D eigenvalue weighted by Gasteiger charge is 2.54. The summed E-state index contributed by atoms with van der Waals surface area (Å²) in [6.45, 7) is 2.50. The number of amides is 2. The van der Waals surface area contributed by atoms with Crippen molar-refractivity contribution >= 4 is 11.8 Å². The molecule has 1 aliphatic heterocycles. The summed E-state index contributed by atoms with van der Waals surface area (Å²) < 4.78 is 11.5. The fourth-order valence-electron chi connectivity index (χ4n) is 4.20. The molecular weight excluding hydrogens is 344 g/mol. The molecule has 6 nitrogen and oxygen atoms in total. The Labute approximate surface area is 160 Å². The van der Waals surface area contributed by atoms with E-state index in [2.05, 4.69) is 12.2 Å². The Morgan fingerprint density at radius 2 is 1.96 bits per heavy atom. The summed E-state index contributed by atoms with van der Waals surface area (Å²) in [4.78, 5) is 28.1. The van der Waals surface area contributed by atoms with Crippen molar-refractivity contribution < 1.29 is 19.1 Å². The Morgan fingerprint density at radius 1 is 1.22 bits per heavy atom. The largest absolute Gasteiger partial charge is 0.497 e. The van der Waals surface area contributed by atoms with Crippen molar-refractivity contribution in [2.24, 2.45) is 5.92 Å². The molecule has 3 aliphatic rings. The van der Waals surface area contributed by atoms with Crippen LogP contribution in [0.3, 0.4) is 0 Å². The molecule has 4 rings (SSSR count). The zero-order valence-electron chi connectivity index (χ0n) is 16.1. The van der Waals surface area contributed by atoms with Crippen molar-refractivity contribution in [3.63, 3.8) is 0 Å². The van der Waals surface area contributed by atoms with E-state index in [1.165, 1.54) is 0 Å². The normalized spacial score (nSPS) is 30.4. The van der Waals surface area contributed by atoms with Crippen LogP contribution in [0.5, 0.6) is 5.75 Å². The fourth-order valence-corrected chi connectivity index (χ4v) is 4.20. The van der Waals surface area contributed by atoms with E-state index >= 15 is 0 Å². The van der Waals surface area contributed by atoms with E-state index in [0.717, 1.165) is 38.5 Å². The minimum Gasteiger partial charge on any atom is -0.497 e. The molecule has 1 atom stereocenters. The third-order valence-corrected chi connectivity index (χ3v) is 6.08. The van der Waals surface area contributed by atoms with Crippen molar-refractivity contribution in [3.05, 3.63) is 29.8 Å². The van der Waals surface area contributed by atoms with Crippen LogP contribution in [0.25, 0.3) is 0 Å². The maximum atomic E-state index is 13.5. The number of methoxy groups -OCH3 is 1. The van der Waals surface area contributed by atoms with E-state index in [-0.39, 0.29) is 24.5 Å². The van der Waals surface area contributed by atoms with Crippen molar-refractivity contribution in [1.82, 2.24) is 10.2 Å². The molecule has 1 N–H and O–H groups in total. The predicted molar refractivity (Wildman–Crippen MR) is 100 cm³/mol. The second-order valence-corrected chi connectivity index (χ2v) is 8.15. The Morgan fingerprint density at radius 3 is 2.63 bits per heavy atom. The first-order valence-electron chi connectivity index (χ1n) is 9.94. The molecule has 1 aromatic carbocycles. The van der Waals surface area contributed by atoms with Gasteiger partial charge in [0.15, 0.2) is 0 Å². The highest BCUT2D eigenvalue weighted by atomic mass is 16.5. The number of rotatable bonds is 4. The maximum absolute atomic E-state index is 13.5. The van der Waals surface area contributed by atoms with Crippen LogP contribution < -0.4 is 10.1 Å². The number of nitrogens with zero attached hydrogens (tertiary/aromatic N) is 1.